The number of piperazine rings is 1. The number of aryl methyl sites for hydroxylation is 2. The molecule has 4 rings (SSSR count). The minimum Gasteiger partial charge on any atom is -0.481 e. The van der Waals surface area contributed by atoms with Gasteiger partial charge in [0.15, 0.2) is 0 Å². The van der Waals surface area contributed by atoms with Crippen LogP contribution in [0.5, 0.6) is 0 Å². The molecule has 4 atom stereocenters. The normalized spacial score (nSPS) is 29.4. The Bertz CT molecular complexity index is 979. The Balaban J connectivity index is 1.45. The van der Waals surface area contributed by atoms with Crippen LogP contribution in [0.1, 0.15) is 17.5 Å². The number of carbonyl (C=O) groups excluding carboxylic acids is 1. The summed E-state index contributed by atoms with van der Waals surface area (Å²) < 4.78 is 27.3. The second kappa shape index (κ2) is 7.25. The average Bonchev–Trinajstić information content (AvgIpc) is 3.31. The van der Waals surface area contributed by atoms with Gasteiger partial charge < -0.3 is 10.0 Å². The SMILES string of the molecule is Cc1ccc(S(=O)(=O)N2CCN(C(=O)[C@@H]3[C@@H](C(=O)O)[C@H]4C=C[C@H]3C4)CC2)cc1C. The molecule has 8 heteroatoms. The van der Waals surface area contributed by atoms with E-state index in [9.17, 15) is 23.1 Å². The van der Waals surface area contributed by atoms with Crippen molar-refractivity contribution in [3.05, 3.63) is 41.5 Å². The summed E-state index contributed by atoms with van der Waals surface area (Å²) in [5.74, 6) is -2.38. The maximum absolute atomic E-state index is 13.1. The number of sulfonamides is 1. The molecule has 1 saturated heterocycles. The smallest absolute Gasteiger partial charge is 0.307 e. The number of hydrogen-bond acceptors (Lipinski definition) is 4. The molecule has 2 aliphatic carbocycles. The van der Waals surface area contributed by atoms with Gasteiger partial charge in [-0.3, -0.25) is 9.59 Å². The lowest BCUT2D eigenvalue weighted by atomic mass is 9.82. The summed E-state index contributed by atoms with van der Waals surface area (Å²) in [5.41, 5.74) is 1.95. The van der Waals surface area contributed by atoms with Crippen LogP contribution in [0.3, 0.4) is 0 Å². The first kappa shape index (κ1) is 20.1. The summed E-state index contributed by atoms with van der Waals surface area (Å²) in [6, 6.07) is 5.10. The standard InChI is InChI=1S/C21H26N2O5S/c1-13-3-6-17(11-14(13)2)29(27,28)23-9-7-22(8-10-23)20(24)18-15-4-5-16(12-15)19(18)21(25)26/h3-6,11,15-16,18-19H,7-10,12H2,1-2H3,(H,25,26)/t15-,16-,18-,19-/m0/s1. The molecule has 3 aliphatic rings. The highest BCUT2D eigenvalue weighted by Gasteiger charge is 2.52. The fourth-order valence-corrected chi connectivity index (χ4v) is 6.39. The number of rotatable bonds is 4. The second-order valence-corrected chi connectivity index (χ2v) is 10.3. The first-order valence-corrected chi connectivity index (χ1v) is 11.4. The van der Waals surface area contributed by atoms with E-state index in [-0.39, 0.29) is 48.8 Å². The Morgan fingerprint density at radius 1 is 0.966 bits per heavy atom. The molecule has 0 spiro atoms. The van der Waals surface area contributed by atoms with Crippen molar-refractivity contribution < 1.29 is 23.1 Å². The molecule has 1 aliphatic heterocycles. The molecule has 2 fully saturated rings. The van der Waals surface area contributed by atoms with Crippen LogP contribution in [0.2, 0.25) is 0 Å². The van der Waals surface area contributed by atoms with Crippen molar-refractivity contribution in [2.24, 2.45) is 23.7 Å². The van der Waals surface area contributed by atoms with E-state index in [1.807, 2.05) is 26.0 Å². The van der Waals surface area contributed by atoms with Crippen LogP contribution < -0.4 is 0 Å². The van der Waals surface area contributed by atoms with Crippen molar-refractivity contribution in [3.63, 3.8) is 0 Å². The summed E-state index contributed by atoms with van der Waals surface area (Å²) in [7, 11) is -3.61. The molecule has 1 N–H and O–H groups in total. The van der Waals surface area contributed by atoms with E-state index >= 15 is 0 Å². The maximum atomic E-state index is 13.1. The topological polar surface area (TPSA) is 95.0 Å². The van der Waals surface area contributed by atoms with Crippen molar-refractivity contribution in [2.75, 3.05) is 26.2 Å². The molecule has 1 aromatic rings. The number of amides is 1. The van der Waals surface area contributed by atoms with E-state index in [1.54, 1.807) is 23.1 Å². The van der Waals surface area contributed by atoms with E-state index in [2.05, 4.69) is 0 Å². The molecule has 0 aromatic heterocycles. The van der Waals surface area contributed by atoms with Crippen LogP contribution in [0.4, 0.5) is 0 Å². The van der Waals surface area contributed by atoms with Crippen molar-refractivity contribution in [1.29, 1.82) is 0 Å². The van der Waals surface area contributed by atoms with Gasteiger partial charge in [-0.15, -0.1) is 0 Å². The number of benzene rings is 1. The van der Waals surface area contributed by atoms with E-state index in [4.69, 9.17) is 0 Å². The second-order valence-electron chi connectivity index (χ2n) is 8.31. The molecular formula is C21H26N2O5S. The molecule has 1 saturated carbocycles. The predicted octanol–water partition coefficient (Wildman–Crippen LogP) is 1.66. The van der Waals surface area contributed by atoms with Crippen LogP contribution in [0.15, 0.2) is 35.2 Å². The lowest BCUT2D eigenvalue weighted by Gasteiger charge is -2.37. The first-order valence-electron chi connectivity index (χ1n) is 9.97. The van der Waals surface area contributed by atoms with Gasteiger partial charge >= 0.3 is 5.97 Å². The summed E-state index contributed by atoms with van der Waals surface area (Å²) >= 11 is 0. The minimum absolute atomic E-state index is 0.0223. The zero-order valence-electron chi connectivity index (χ0n) is 16.6. The lowest BCUT2D eigenvalue weighted by molar-refractivity contribution is -0.151. The molecule has 1 heterocycles. The zero-order valence-corrected chi connectivity index (χ0v) is 17.4. The molecule has 0 radical (unpaired) electrons. The van der Waals surface area contributed by atoms with Crippen LogP contribution in [-0.2, 0) is 19.6 Å². The van der Waals surface area contributed by atoms with Crippen LogP contribution >= 0.6 is 0 Å². The number of hydrogen-bond donors (Lipinski definition) is 1. The van der Waals surface area contributed by atoms with Gasteiger partial charge in [0, 0.05) is 26.2 Å². The van der Waals surface area contributed by atoms with E-state index in [1.165, 1.54) is 4.31 Å². The van der Waals surface area contributed by atoms with Crippen LogP contribution in [-0.4, -0.2) is 60.8 Å². The predicted molar refractivity (Wildman–Crippen MR) is 107 cm³/mol. The monoisotopic (exact) mass is 418 g/mol. The fourth-order valence-electron chi connectivity index (χ4n) is 4.88. The third kappa shape index (κ3) is 3.38. The fraction of sp³-hybridized carbons (Fsp3) is 0.524. The third-order valence-electron chi connectivity index (χ3n) is 6.70. The molecule has 7 nitrogen and oxygen atoms in total. The molecular weight excluding hydrogens is 392 g/mol. The highest BCUT2D eigenvalue weighted by Crippen LogP contribution is 2.48. The summed E-state index contributed by atoms with van der Waals surface area (Å²) in [5, 5.41) is 9.58. The number of carboxylic acids is 1. The Morgan fingerprint density at radius 2 is 1.59 bits per heavy atom. The average molecular weight is 419 g/mol. The van der Waals surface area contributed by atoms with Gasteiger partial charge in [0.2, 0.25) is 15.9 Å². The van der Waals surface area contributed by atoms with Gasteiger partial charge in [-0.1, -0.05) is 18.2 Å². The van der Waals surface area contributed by atoms with Gasteiger partial charge in [-0.2, -0.15) is 4.31 Å². The molecule has 1 aromatic carbocycles. The van der Waals surface area contributed by atoms with Gasteiger partial charge in [-0.05, 0) is 55.4 Å². The zero-order chi connectivity index (χ0) is 20.9. The number of fused-ring (bicyclic) bond motifs is 2. The molecule has 29 heavy (non-hydrogen) atoms. The molecule has 0 unspecified atom stereocenters. The van der Waals surface area contributed by atoms with E-state index < -0.39 is 27.8 Å². The molecule has 156 valence electrons. The van der Waals surface area contributed by atoms with E-state index in [0.717, 1.165) is 11.1 Å². The number of carboxylic acid groups (broad SMARTS) is 1. The van der Waals surface area contributed by atoms with Gasteiger partial charge in [-0.25, -0.2) is 8.42 Å². The summed E-state index contributed by atoms with van der Waals surface area (Å²) in [4.78, 5) is 26.7. The van der Waals surface area contributed by atoms with E-state index in [0.29, 0.717) is 6.42 Å². The molecule has 2 bridgehead atoms. The number of carbonyl (C=O) groups is 2. The van der Waals surface area contributed by atoms with Crippen molar-refractivity contribution in [2.45, 2.75) is 25.2 Å². The third-order valence-corrected chi connectivity index (χ3v) is 8.59. The highest BCUT2D eigenvalue weighted by atomic mass is 32.2. The quantitative estimate of drug-likeness (QED) is 0.751. The Morgan fingerprint density at radius 3 is 2.17 bits per heavy atom. The van der Waals surface area contributed by atoms with Crippen molar-refractivity contribution >= 4 is 21.9 Å². The Labute approximate surface area is 171 Å². The largest absolute Gasteiger partial charge is 0.481 e. The molecule has 1 amide bonds. The van der Waals surface area contributed by atoms with Crippen LogP contribution in [0, 0.1) is 37.5 Å². The van der Waals surface area contributed by atoms with Crippen molar-refractivity contribution in [3.8, 4) is 0 Å². The summed E-state index contributed by atoms with van der Waals surface area (Å²) in [6.45, 7) is 4.82. The van der Waals surface area contributed by atoms with Gasteiger partial charge in [0.1, 0.15) is 0 Å². The summed E-state index contributed by atoms with van der Waals surface area (Å²) in [6.07, 6.45) is 4.60. The lowest BCUT2D eigenvalue weighted by Crippen LogP contribution is -2.53. The Hall–Kier alpha value is -2.19. The maximum Gasteiger partial charge on any atom is 0.307 e. The number of allylic oxidation sites excluding steroid dienone is 2. The number of nitrogens with zero attached hydrogens (tertiary/aromatic N) is 2. The van der Waals surface area contributed by atoms with Crippen molar-refractivity contribution in [1.82, 2.24) is 9.21 Å². The first-order chi connectivity index (χ1) is 13.7. The Kier molecular flexibility index (Phi) is 5.02. The van der Waals surface area contributed by atoms with Gasteiger partial charge in [0.05, 0.1) is 16.7 Å². The van der Waals surface area contributed by atoms with Gasteiger partial charge in [0.25, 0.3) is 0 Å². The number of aliphatic carboxylic acids is 1. The minimum atomic E-state index is -3.61. The van der Waals surface area contributed by atoms with Crippen LogP contribution in [0.25, 0.3) is 0 Å². The highest BCUT2D eigenvalue weighted by molar-refractivity contribution is 7.89.